The van der Waals surface area contributed by atoms with E-state index >= 15 is 0 Å². The summed E-state index contributed by atoms with van der Waals surface area (Å²) in [5.74, 6) is 0.675. The molecule has 1 aromatic carbocycles. The molecule has 2 aliphatic rings. The molecule has 2 aromatic rings. The molecule has 1 fully saturated rings. The van der Waals surface area contributed by atoms with Crippen molar-refractivity contribution in [3.8, 4) is 0 Å². The van der Waals surface area contributed by atoms with Gasteiger partial charge in [0.1, 0.15) is 5.82 Å². The number of fused-ring (bicyclic) bond motifs is 1. The number of anilines is 2. The van der Waals surface area contributed by atoms with Crippen molar-refractivity contribution >= 4 is 23.3 Å². The molecule has 0 spiro atoms. The van der Waals surface area contributed by atoms with Gasteiger partial charge in [-0.05, 0) is 43.0 Å². The first-order chi connectivity index (χ1) is 13.7. The van der Waals surface area contributed by atoms with Crippen LogP contribution in [0, 0.1) is 0 Å². The van der Waals surface area contributed by atoms with Gasteiger partial charge in [0.25, 0.3) is 5.91 Å². The minimum Gasteiger partial charge on any atom is -0.347 e. The molecule has 6 nitrogen and oxygen atoms in total. The summed E-state index contributed by atoms with van der Waals surface area (Å²) in [7, 11) is 0. The largest absolute Gasteiger partial charge is 0.347 e. The van der Waals surface area contributed by atoms with Crippen LogP contribution in [0.15, 0.2) is 42.6 Å². The lowest BCUT2D eigenvalue weighted by Crippen LogP contribution is -2.38. The van der Waals surface area contributed by atoms with E-state index in [1.165, 1.54) is 5.56 Å². The van der Waals surface area contributed by atoms with E-state index in [1.807, 2.05) is 39.0 Å². The van der Waals surface area contributed by atoms with Crippen LogP contribution < -0.4 is 9.80 Å². The van der Waals surface area contributed by atoms with E-state index in [9.17, 15) is 9.59 Å². The van der Waals surface area contributed by atoms with Crippen molar-refractivity contribution in [1.29, 1.82) is 0 Å². The Balaban J connectivity index is 1.61. The van der Waals surface area contributed by atoms with Crippen molar-refractivity contribution in [3.63, 3.8) is 0 Å². The molecular weight excluding hydrogens is 352 g/mol. The summed E-state index contributed by atoms with van der Waals surface area (Å²) in [6, 6.07) is 11.7. The van der Waals surface area contributed by atoms with Gasteiger partial charge >= 0.3 is 0 Å². The molecule has 0 unspecified atom stereocenters. The van der Waals surface area contributed by atoms with Crippen molar-refractivity contribution < 1.29 is 9.59 Å². The number of aromatic nitrogens is 1. The Kier molecular flexibility index (Phi) is 5.28. The standard InChI is InChI=1S/C22H26N4O2/c1-2-12-24-13-6-14-25(16-20(24)27)21-18(8-5-11-23-21)22(28)26-15-10-17-7-3-4-9-19(17)26/h3-5,7-9,11H,2,6,10,12-16H2,1H3. The second kappa shape index (κ2) is 8.00. The Morgan fingerprint density at radius 1 is 1.11 bits per heavy atom. The van der Waals surface area contributed by atoms with Crippen LogP contribution in [-0.2, 0) is 11.2 Å². The van der Waals surface area contributed by atoms with Gasteiger partial charge in [0.15, 0.2) is 0 Å². The Morgan fingerprint density at radius 2 is 1.96 bits per heavy atom. The summed E-state index contributed by atoms with van der Waals surface area (Å²) >= 11 is 0. The van der Waals surface area contributed by atoms with Gasteiger partial charge < -0.3 is 14.7 Å². The topological polar surface area (TPSA) is 56.8 Å². The van der Waals surface area contributed by atoms with E-state index in [2.05, 4.69) is 18.0 Å². The number of para-hydroxylation sites is 1. The van der Waals surface area contributed by atoms with Gasteiger partial charge in [-0.1, -0.05) is 25.1 Å². The second-order valence-electron chi connectivity index (χ2n) is 7.37. The highest BCUT2D eigenvalue weighted by Gasteiger charge is 2.30. The third-order valence-electron chi connectivity index (χ3n) is 5.48. The number of hydrogen-bond acceptors (Lipinski definition) is 4. The quantitative estimate of drug-likeness (QED) is 0.821. The van der Waals surface area contributed by atoms with Gasteiger partial charge in [-0.15, -0.1) is 0 Å². The molecule has 0 atom stereocenters. The van der Waals surface area contributed by atoms with Gasteiger partial charge in [-0.2, -0.15) is 0 Å². The number of pyridine rings is 1. The molecule has 28 heavy (non-hydrogen) atoms. The van der Waals surface area contributed by atoms with E-state index < -0.39 is 0 Å². The first-order valence-corrected chi connectivity index (χ1v) is 10.1. The van der Waals surface area contributed by atoms with Crippen molar-refractivity contribution in [2.75, 3.05) is 42.5 Å². The number of benzene rings is 1. The molecule has 2 aliphatic heterocycles. The Hall–Kier alpha value is -2.89. The monoisotopic (exact) mass is 378 g/mol. The fraction of sp³-hybridized carbons (Fsp3) is 0.409. The average molecular weight is 378 g/mol. The number of carbonyl (C=O) groups is 2. The third kappa shape index (κ3) is 3.46. The number of hydrogen-bond donors (Lipinski definition) is 0. The zero-order valence-electron chi connectivity index (χ0n) is 16.3. The molecular formula is C22H26N4O2. The normalized spacial score (nSPS) is 16.9. The van der Waals surface area contributed by atoms with Crippen LogP contribution in [0.2, 0.25) is 0 Å². The number of amides is 2. The highest BCUT2D eigenvalue weighted by atomic mass is 16.2. The maximum absolute atomic E-state index is 13.4. The van der Waals surface area contributed by atoms with Crippen molar-refractivity contribution in [2.24, 2.45) is 0 Å². The number of nitrogens with zero attached hydrogens (tertiary/aromatic N) is 4. The van der Waals surface area contributed by atoms with Gasteiger partial charge in [0.05, 0.1) is 12.1 Å². The molecule has 3 heterocycles. The van der Waals surface area contributed by atoms with Gasteiger partial charge in [0.2, 0.25) is 5.91 Å². The Morgan fingerprint density at radius 3 is 2.82 bits per heavy atom. The van der Waals surface area contributed by atoms with Crippen LogP contribution in [0.5, 0.6) is 0 Å². The lowest BCUT2D eigenvalue weighted by atomic mass is 10.1. The lowest BCUT2D eigenvalue weighted by molar-refractivity contribution is -0.129. The van der Waals surface area contributed by atoms with E-state index in [4.69, 9.17) is 0 Å². The fourth-order valence-electron chi connectivity index (χ4n) is 4.12. The van der Waals surface area contributed by atoms with E-state index in [1.54, 1.807) is 12.3 Å². The molecule has 146 valence electrons. The summed E-state index contributed by atoms with van der Waals surface area (Å²) in [5, 5.41) is 0. The Labute approximate surface area is 165 Å². The average Bonchev–Trinajstić information content (AvgIpc) is 3.07. The maximum atomic E-state index is 13.4. The lowest BCUT2D eigenvalue weighted by Gasteiger charge is -2.25. The van der Waals surface area contributed by atoms with Crippen molar-refractivity contribution in [3.05, 3.63) is 53.7 Å². The molecule has 1 aromatic heterocycles. The van der Waals surface area contributed by atoms with Gasteiger partial charge in [0, 0.05) is 38.1 Å². The predicted octanol–water partition coefficient (Wildman–Crippen LogP) is 2.73. The molecule has 1 saturated heterocycles. The molecule has 0 radical (unpaired) electrons. The smallest absolute Gasteiger partial charge is 0.262 e. The molecule has 0 bridgehead atoms. The van der Waals surface area contributed by atoms with Crippen LogP contribution in [0.1, 0.15) is 35.7 Å². The summed E-state index contributed by atoms with van der Waals surface area (Å²) in [6.45, 7) is 5.30. The molecule has 0 saturated carbocycles. The molecule has 4 rings (SSSR count). The van der Waals surface area contributed by atoms with E-state index in [-0.39, 0.29) is 18.4 Å². The minimum absolute atomic E-state index is 0.0461. The fourth-order valence-corrected chi connectivity index (χ4v) is 4.12. The molecule has 0 aliphatic carbocycles. The summed E-state index contributed by atoms with van der Waals surface area (Å²) in [6.07, 6.45) is 4.39. The van der Waals surface area contributed by atoms with E-state index in [0.29, 0.717) is 17.9 Å². The maximum Gasteiger partial charge on any atom is 0.262 e. The highest BCUT2D eigenvalue weighted by molar-refractivity contribution is 6.10. The molecule has 6 heteroatoms. The summed E-state index contributed by atoms with van der Waals surface area (Å²) < 4.78 is 0. The van der Waals surface area contributed by atoms with Crippen LogP contribution in [0.25, 0.3) is 0 Å². The highest BCUT2D eigenvalue weighted by Crippen LogP contribution is 2.30. The minimum atomic E-state index is -0.0461. The van der Waals surface area contributed by atoms with Crippen LogP contribution in [-0.4, -0.2) is 54.4 Å². The van der Waals surface area contributed by atoms with Gasteiger partial charge in [-0.25, -0.2) is 4.98 Å². The first kappa shape index (κ1) is 18.5. The van der Waals surface area contributed by atoms with Crippen molar-refractivity contribution in [2.45, 2.75) is 26.2 Å². The second-order valence-corrected chi connectivity index (χ2v) is 7.37. The third-order valence-corrected chi connectivity index (χ3v) is 5.48. The molecule has 2 amide bonds. The van der Waals surface area contributed by atoms with E-state index in [0.717, 1.165) is 44.6 Å². The predicted molar refractivity (Wildman–Crippen MR) is 110 cm³/mol. The molecule has 0 N–H and O–H groups in total. The Bertz CT molecular complexity index is 882. The van der Waals surface area contributed by atoms with Gasteiger partial charge in [-0.3, -0.25) is 9.59 Å². The zero-order chi connectivity index (χ0) is 19.5. The summed E-state index contributed by atoms with van der Waals surface area (Å²) in [4.78, 5) is 36.2. The first-order valence-electron chi connectivity index (χ1n) is 10.1. The number of carbonyl (C=O) groups excluding carboxylic acids is 2. The zero-order valence-corrected chi connectivity index (χ0v) is 16.3. The van der Waals surface area contributed by atoms with Crippen molar-refractivity contribution in [1.82, 2.24) is 9.88 Å². The van der Waals surface area contributed by atoms with Crippen LogP contribution in [0.3, 0.4) is 0 Å². The SMILES string of the molecule is CCCN1CCCN(c2ncccc2C(=O)N2CCc3ccccc32)CC1=O. The number of rotatable bonds is 4. The summed E-state index contributed by atoms with van der Waals surface area (Å²) in [5.41, 5.74) is 2.74. The van der Waals surface area contributed by atoms with Crippen LogP contribution in [0.4, 0.5) is 11.5 Å². The van der Waals surface area contributed by atoms with Crippen LogP contribution >= 0.6 is 0 Å².